The number of nitrogens with zero attached hydrogens (tertiary/aromatic N) is 2. The predicted molar refractivity (Wildman–Crippen MR) is 128 cm³/mol. The Morgan fingerprint density at radius 3 is 2.65 bits per heavy atom. The molecule has 5 rings (SSSR count). The number of amides is 3. The monoisotopic (exact) mass is 488 g/mol. The predicted octanol–water partition coefficient (Wildman–Crippen LogP) is 0.157. The van der Waals surface area contributed by atoms with Crippen LogP contribution in [-0.2, 0) is 19.1 Å². The highest BCUT2D eigenvalue weighted by atomic mass is 32.2. The molecule has 0 radical (unpaired) electrons. The number of aliphatic hydroxyl groups excluding tert-OH is 1. The number of hydrogen-bond donors (Lipinski definition) is 3. The minimum absolute atomic E-state index is 0.0117. The number of carbonyl (C=O) groups excluding carboxylic acids is 3. The van der Waals surface area contributed by atoms with E-state index in [9.17, 15) is 19.5 Å². The number of rotatable bonds is 8. The Morgan fingerprint density at radius 1 is 1.15 bits per heavy atom. The lowest BCUT2D eigenvalue weighted by Crippen LogP contribution is -2.55. The Bertz CT molecular complexity index is 927. The lowest BCUT2D eigenvalue weighted by Gasteiger charge is -2.34. The van der Waals surface area contributed by atoms with Crippen LogP contribution in [0.15, 0.2) is 30.3 Å². The number of fused-ring (bicyclic) bond motifs is 1. The van der Waals surface area contributed by atoms with Gasteiger partial charge in [-0.2, -0.15) is 0 Å². The molecule has 5 atom stereocenters. The van der Waals surface area contributed by atoms with E-state index >= 15 is 0 Å². The van der Waals surface area contributed by atoms with Gasteiger partial charge in [-0.25, -0.2) is 0 Å². The maximum atomic E-state index is 13.6. The van der Waals surface area contributed by atoms with E-state index in [0.29, 0.717) is 25.4 Å². The van der Waals surface area contributed by atoms with Crippen LogP contribution in [-0.4, -0.2) is 101 Å². The molecule has 4 heterocycles. The van der Waals surface area contributed by atoms with Crippen LogP contribution in [0.2, 0.25) is 0 Å². The van der Waals surface area contributed by atoms with Crippen LogP contribution in [0.3, 0.4) is 0 Å². The first-order valence-electron chi connectivity index (χ1n) is 12.1. The number of anilines is 1. The molecule has 4 aliphatic heterocycles. The van der Waals surface area contributed by atoms with Crippen molar-refractivity contribution in [2.75, 3.05) is 57.9 Å². The smallest absolute Gasteiger partial charge is 0.244 e. The van der Waals surface area contributed by atoms with Crippen molar-refractivity contribution >= 4 is 35.2 Å². The summed E-state index contributed by atoms with van der Waals surface area (Å²) in [6.07, 6.45) is 1.52. The van der Waals surface area contributed by atoms with Crippen LogP contribution in [0.4, 0.5) is 5.69 Å². The molecule has 4 fully saturated rings. The zero-order chi connectivity index (χ0) is 23.7. The first-order valence-corrected chi connectivity index (χ1v) is 13.0. The van der Waals surface area contributed by atoms with Crippen molar-refractivity contribution in [3.8, 4) is 0 Å². The van der Waals surface area contributed by atoms with Gasteiger partial charge in [0, 0.05) is 43.7 Å². The summed E-state index contributed by atoms with van der Waals surface area (Å²) >= 11 is 1.64. The number of likely N-dealkylation sites (tertiary alicyclic amines) is 1. The van der Waals surface area contributed by atoms with Gasteiger partial charge in [0.1, 0.15) is 6.04 Å². The summed E-state index contributed by atoms with van der Waals surface area (Å²) in [7, 11) is 0. The summed E-state index contributed by atoms with van der Waals surface area (Å²) in [6, 6.07) is 8.57. The average molecular weight is 489 g/mol. The molecule has 0 aromatic heterocycles. The third kappa shape index (κ3) is 4.10. The Kier molecular flexibility index (Phi) is 6.83. The summed E-state index contributed by atoms with van der Waals surface area (Å²) in [5.74, 6) is -1.58. The zero-order valence-electron chi connectivity index (χ0n) is 19.2. The summed E-state index contributed by atoms with van der Waals surface area (Å²) < 4.78 is 4.75. The van der Waals surface area contributed by atoms with Crippen molar-refractivity contribution in [3.05, 3.63) is 30.3 Å². The number of benzene rings is 1. The van der Waals surface area contributed by atoms with Crippen molar-refractivity contribution in [1.82, 2.24) is 15.1 Å². The minimum Gasteiger partial charge on any atom is -0.395 e. The minimum atomic E-state index is -0.675. The lowest BCUT2D eigenvalue weighted by molar-refractivity contribution is -0.139. The normalized spacial score (nSPS) is 32.6. The molecule has 0 saturated carbocycles. The molecular weight excluding hydrogens is 456 g/mol. The van der Waals surface area contributed by atoms with E-state index in [4.69, 9.17) is 4.74 Å². The number of hydrogen-bond acceptors (Lipinski definition) is 7. The van der Waals surface area contributed by atoms with Gasteiger partial charge in [0.25, 0.3) is 0 Å². The van der Waals surface area contributed by atoms with Gasteiger partial charge >= 0.3 is 0 Å². The maximum Gasteiger partial charge on any atom is 0.244 e. The van der Waals surface area contributed by atoms with Crippen LogP contribution >= 0.6 is 11.8 Å². The highest BCUT2D eigenvalue weighted by molar-refractivity contribution is 8.02. The molecule has 3 amide bonds. The van der Waals surface area contributed by atoms with Crippen molar-refractivity contribution in [2.45, 2.75) is 28.9 Å². The molecule has 0 aliphatic carbocycles. The topological polar surface area (TPSA) is 111 Å². The quantitative estimate of drug-likeness (QED) is 0.478. The second kappa shape index (κ2) is 9.85. The molecule has 2 unspecified atom stereocenters. The summed E-state index contributed by atoms with van der Waals surface area (Å²) in [5.41, 5.74) is 0.699. The van der Waals surface area contributed by atoms with Gasteiger partial charge in [0.2, 0.25) is 17.7 Å². The molecule has 10 heteroatoms. The summed E-state index contributed by atoms with van der Waals surface area (Å²) in [4.78, 5) is 44.1. The molecule has 2 bridgehead atoms. The largest absolute Gasteiger partial charge is 0.395 e. The van der Waals surface area contributed by atoms with Gasteiger partial charge in [-0.3, -0.25) is 19.3 Å². The van der Waals surface area contributed by atoms with Crippen LogP contribution < -0.4 is 10.6 Å². The number of nitrogens with one attached hydrogen (secondary N) is 2. The summed E-state index contributed by atoms with van der Waals surface area (Å²) in [5, 5.41) is 15.7. The number of carbonyl (C=O) groups is 3. The second-order valence-corrected chi connectivity index (χ2v) is 11.0. The molecular formula is C24H32N4O5S. The average Bonchev–Trinajstić information content (AvgIpc) is 3.48. The highest BCUT2D eigenvalue weighted by Crippen LogP contribution is 2.66. The van der Waals surface area contributed by atoms with Gasteiger partial charge in [0.05, 0.1) is 36.4 Å². The van der Waals surface area contributed by atoms with Gasteiger partial charge in [-0.05, 0) is 25.0 Å². The van der Waals surface area contributed by atoms with Crippen LogP contribution in [0.25, 0.3) is 0 Å². The molecule has 1 aromatic carbocycles. The number of thioether (sulfide) groups is 1. The van der Waals surface area contributed by atoms with E-state index in [1.165, 1.54) is 4.90 Å². The van der Waals surface area contributed by atoms with Gasteiger partial charge < -0.3 is 25.4 Å². The molecule has 4 saturated heterocycles. The third-order valence-electron chi connectivity index (χ3n) is 7.56. The number of β-amino-alcohol motifs (C(OH)–C–C–N with tert-alkyl or cyclic N) is 1. The van der Waals surface area contributed by atoms with Gasteiger partial charge in [-0.15, -0.1) is 11.8 Å². The number of para-hydroxylation sites is 1. The van der Waals surface area contributed by atoms with Crippen molar-refractivity contribution in [2.24, 2.45) is 11.8 Å². The Labute approximate surface area is 203 Å². The van der Waals surface area contributed by atoms with Gasteiger partial charge in [-0.1, -0.05) is 18.2 Å². The van der Waals surface area contributed by atoms with Crippen LogP contribution in [0, 0.1) is 11.8 Å². The van der Waals surface area contributed by atoms with E-state index in [2.05, 4.69) is 15.5 Å². The van der Waals surface area contributed by atoms with Crippen molar-refractivity contribution in [1.29, 1.82) is 0 Å². The van der Waals surface area contributed by atoms with E-state index < -0.39 is 22.6 Å². The van der Waals surface area contributed by atoms with E-state index in [-0.39, 0.29) is 36.1 Å². The standard InChI is InChI=1S/C24H32N4O5S/c29-13-10-28-20(22(31)25-8-9-27-11-14-33-15-12-27)24-7-6-17(34-24)18(19(24)23(28)32)21(30)26-16-4-2-1-3-5-16/h1-5,17-20,29H,6-15H2,(H,25,31)(H,26,30)/t17-,18+,19-,20?,24?/m0/s1. The number of ether oxygens (including phenoxy) is 1. The molecule has 34 heavy (non-hydrogen) atoms. The highest BCUT2D eigenvalue weighted by Gasteiger charge is 2.73. The number of aliphatic hydroxyl groups is 1. The molecule has 4 aliphatic rings. The van der Waals surface area contributed by atoms with Crippen molar-refractivity contribution < 1.29 is 24.2 Å². The zero-order valence-corrected chi connectivity index (χ0v) is 20.0. The lowest BCUT2D eigenvalue weighted by atomic mass is 9.70. The molecule has 3 N–H and O–H groups in total. The Morgan fingerprint density at radius 2 is 1.91 bits per heavy atom. The Balaban J connectivity index is 1.33. The first kappa shape index (κ1) is 23.6. The van der Waals surface area contributed by atoms with E-state index in [1.807, 2.05) is 30.3 Å². The van der Waals surface area contributed by atoms with Crippen molar-refractivity contribution in [3.63, 3.8) is 0 Å². The van der Waals surface area contributed by atoms with Crippen LogP contribution in [0.5, 0.6) is 0 Å². The first-order chi connectivity index (χ1) is 16.5. The number of morpholine rings is 1. The Hall–Kier alpha value is -2.14. The SMILES string of the molecule is O=C(NCCN1CCOCC1)C1N(CCO)C(=O)[C@@H]2[C@H](C(=O)Nc3ccccc3)[C@@H]3CCC12S3. The molecule has 9 nitrogen and oxygen atoms in total. The fourth-order valence-electron chi connectivity index (χ4n) is 6.11. The van der Waals surface area contributed by atoms with E-state index in [1.54, 1.807) is 11.8 Å². The fourth-order valence-corrected chi connectivity index (χ4v) is 8.33. The van der Waals surface area contributed by atoms with Gasteiger partial charge in [0.15, 0.2) is 0 Å². The third-order valence-corrected chi connectivity index (χ3v) is 9.52. The molecule has 1 spiro atoms. The fraction of sp³-hybridized carbons (Fsp3) is 0.625. The summed E-state index contributed by atoms with van der Waals surface area (Å²) in [6.45, 7) is 4.17. The van der Waals surface area contributed by atoms with Crippen LogP contribution in [0.1, 0.15) is 12.8 Å². The molecule has 184 valence electrons. The van der Waals surface area contributed by atoms with E-state index in [0.717, 1.165) is 32.5 Å². The second-order valence-electron chi connectivity index (χ2n) is 9.41. The maximum absolute atomic E-state index is 13.6. The molecule has 1 aromatic rings.